The normalized spacial score (nSPS) is 11.1. The van der Waals surface area contributed by atoms with Crippen molar-refractivity contribution in [2.75, 3.05) is 159 Å². The molecule has 47 heavy (non-hydrogen) atoms. The summed E-state index contributed by atoms with van der Waals surface area (Å²) in [6.45, 7) is 15.4. The molecule has 1 rings (SSSR count). The summed E-state index contributed by atoms with van der Waals surface area (Å²) < 4.78 is 70.4. The molecule has 0 fully saturated rings. The van der Waals surface area contributed by atoms with Crippen LogP contribution in [0.2, 0.25) is 0 Å². The monoisotopic (exact) mass is 676 g/mol. The Bertz CT molecular complexity index is 783. The summed E-state index contributed by atoms with van der Waals surface area (Å²) in [5.74, 6) is 0.703. The van der Waals surface area contributed by atoms with E-state index in [4.69, 9.17) is 61.6 Å². The van der Waals surface area contributed by atoms with Gasteiger partial charge >= 0.3 is 0 Å². The largest absolute Gasteiger partial charge is 0.499 e. The molecule has 0 aliphatic carbocycles. The zero-order valence-electron chi connectivity index (χ0n) is 27.9. The second-order valence-electron chi connectivity index (χ2n) is 9.31. The average molecular weight is 677 g/mol. The van der Waals surface area contributed by atoms with Gasteiger partial charge in [0.15, 0.2) is 0 Å². The summed E-state index contributed by atoms with van der Waals surface area (Å²) in [4.78, 5) is 10.6. The zero-order valence-corrected chi connectivity index (χ0v) is 27.9. The Labute approximate surface area is 279 Å². The Kier molecular flexibility index (Phi) is 33.4. The van der Waals surface area contributed by atoms with Gasteiger partial charge in [-0.05, 0) is 24.3 Å². The minimum Gasteiger partial charge on any atom is -0.499 e. The van der Waals surface area contributed by atoms with E-state index in [1.54, 1.807) is 24.3 Å². The van der Waals surface area contributed by atoms with Crippen molar-refractivity contribution in [3.8, 4) is 5.75 Å². The lowest BCUT2D eigenvalue weighted by Gasteiger charge is -2.09. The van der Waals surface area contributed by atoms with Crippen molar-refractivity contribution < 1.29 is 66.4 Å². The smallest absolute Gasteiger partial charge is 0.150 e. The molecule has 0 unspecified atom stereocenters. The maximum absolute atomic E-state index is 10.6. The number of hydrogen-bond acceptors (Lipinski definition) is 14. The van der Waals surface area contributed by atoms with Gasteiger partial charge in [0, 0.05) is 5.56 Å². The molecule has 0 bridgehead atoms. The minimum absolute atomic E-state index is 0.429. The second kappa shape index (κ2) is 36.6. The molecule has 14 heteroatoms. The highest BCUT2D eigenvalue weighted by atomic mass is 16.6. The van der Waals surface area contributed by atoms with Crippen molar-refractivity contribution in [3.63, 3.8) is 0 Å². The Balaban J connectivity index is 1.63. The third kappa shape index (κ3) is 32.1. The van der Waals surface area contributed by atoms with Crippen LogP contribution in [0.5, 0.6) is 5.75 Å². The first-order valence-corrected chi connectivity index (χ1v) is 16.1. The summed E-state index contributed by atoms with van der Waals surface area (Å²) in [5.41, 5.74) is 0.617. The van der Waals surface area contributed by atoms with Crippen LogP contribution in [-0.4, -0.2) is 165 Å². The predicted octanol–water partition coefficient (Wildman–Crippen LogP) is 2.22. The fourth-order valence-corrected chi connectivity index (χ4v) is 3.35. The van der Waals surface area contributed by atoms with Gasteiger partial charge in [-0.3, -0.25) is 4.79 Å². The summed E-state index contributed by atoms with van der Waals surface area (Å²) in [7, 11) is 0. The van der Waals surface area contributed by atoms with Crippen LogP contribution in [0, 0.1) is 0 Å². The van der Waals surface area contributed by atoms with Gasteiger partial charge in [-0.25, -0.2) is 0 Å². The van der Waals surface area contributed by atoms with Crippen LogP contribution in [0.4, 0.5) is 0 Å². The van der Waals surface area contributed by atoms with Crippen LogP contribution >= 0.6 is 0 Å². The Morgan fingerprint density at radius 1 is 0.383 bits per heavy atom. The fourth-order valence-electron chi connectivity index (χ4n) is 3.35. The van der Waals surface area contributed by atoms with Gasteiger partial charge in [0.25, 0.3) is 0 Å². The molecular weight excluding hydrogens is 620 g/mol. The standard InChI is InChI=1S/C33H56O14/c1-2-35-7-8-36-9-10-37-11-12-38-13-14-39-15-16-40-17-18-41-19-20-42-21-22-43-23-24-44-25-26-45-27-28-46-29-30-47-33-5-3-32(31-34)4-6-33/h2-6,31H,1,7-30H2. The minimum atomic E-state index is 0.429. The Morgan fingerprint density at radius 2 is 0.638 bits per heavy atom. The first-order valence-electron chi connectivity index (χ1n) is 16.1. The van der Waals surface area contributed by atoms with E-state index in [2.05, 4.69) is 6.58 Å². The number of ether oxygens (including phenoxy) is 13. The van der Waals surface area contributed by atoms with Gasteiger partial charge in [-0.1, -0.05) is 6.58 Å². The lowest BCUT2D eigenvalue weighted by atomic mass is 10.2. The number of aldehydes is 1. The second-order valence-corrected chi connectivity index (χ2v) is 9.31. The molecule has 0 N–H and O–H groups in total. The van der Waals surface area contributed by atoms with Gasteiger partial charge < -0.3 is 61.6 Å². The van der Waals surface area contributed by atoms with E-state index in [0.29, 0.717) is 170 Å². The molecular formula is C33H56O14. The molecule has 0 aromatic heterocycles. The zero-order chi connectivity index (χ0) is 33.6. The van der Waals surface area contributed by atoms with Crippen LogP contribution in [0.15, 0.2) is 37.1 Å². The van der Waals surface area contributed by atoms with Gasteiger partial charge in [0.1, 0.15) is 25.2 Å². The van der Waals surface area contributed by atoms with Gasteiger partial charge in [0.2, 0.25) is 0 Å². The number of carbonyl (C=O) groups is 1. The highest BCUT2D eigenvalue weighted by Gasteiger charge is 1.98. The molecule has 0 saturated carbocycles. The third-order valence-electron chi connectivity index (χ3n) is 5.70. The van der Waals surface area contributed by atoms with Crippen LogP contribution in [0.1, 0.15) is 10.4 Å². The summed E-state index contributed by atoms with van der Waals surface area (Å²) >= 11 is 0. The summed E-state index contributed by atoms with van der Waals surface area (Å²) in [6.07, 6.45) is 2.19. The van der Waals surface area contributed by atoms with E-state index >= 15 is 0 Å². The molecule has 0 amide bonds. The maximum Gasteiger partial charge on any atom is 0.150 e. The highest BCUT2D eigenvalue weighted by Crippen LogP contribution is 2.10. The Morgan fingerprint density at radius 3 is 0.894 bits per heavy atom. The molecule has 272 valence electrons. The molecule has 14 nitrogen and oxygen atoms in total. The van der Waals surface area contributed by atoms with E-state index in [0.717, 1.165) is 6.29 Å². The lowest BCUT2D eigenvalue weighted by molar-refractivity contribution is -0.0280. The predicted molar refractivity (Wildman–Crippen MR) is 172 cm³/mol. The van der Waals surface area contributed by atoms with Crippen LogP contribution < -0.4 is 4.74 Å². The van der Waals surface area contributed by atoms with Crippen molar-refractivity contribution in [1.82, 2.24) is 0 Å². The van der Waals surface area contributed by atoms with Crippen molar-refractivity contribution in [2.45, 2.75) is 0 Å². The topological polar surface area (TPSA) is 137 Å². The molecule has 1 aromatic carbocycles. The van der Waals surface area contributed by atoms with Crippen molar-refractivity contribution in [2.24, 2.45) is 0 Å². The van der Waals surface area contributed by atoms with Crippen LogP contribution in [-0.2, 0) is 56.8 Å². The molecule has 0 heterocycles. The SMILES string of the molecule is C=COCCOCCOCCOCCOCCOCCOCCOCCOCCOCCOCCOCCOc1ccc(C=O)cc1. The van der Waals surface area contributed by atoms with E-state index < -0.39 is 0 Å². The van der Waals surface area contributed by atoms with Gasteiger partial charge in [0.05, 0.1) is 152 Å². The number of carbonyl (C=O) groups excluding carboxylic acids is 1. The summed E-state index contributed by atoms with van der Waals surface area (Å²) in [6, 6.07) is 6.93. The first kappa shape index (κ1) is 42.8. The van der Waals surface area contributed by atoms with Crippen molar-refractivity contribution in [1.29, 1.82) is 0 Å². The maximum atomic E-state index is 10.6. The molecule has 1 aromatic rings. The first-order chi connectivity index (χ1) is 23.4. The van der Waals surface area contributed by atoms with E-state index in [1.165, 1.54) is 6.26 Å². The quantitative estimate of drug-likeness (QED) is 0.0573. The number of benzene rings is 1. The van der Waals surface area contributed by atoms with E-state index in [1.807, 2.05) is 0 Å². The lowest BCUT2D eigenvalue weighted by Crippen LogP contribution is -2.15. The van der Waals surface area contributed by atoms with Gasteiger partial charge in [-0.2, -0.15) is 0 Å². The third-order valence-corrected chi connectivity index (χ3v) is 5.70. The average Bonchev–Trinajstić information content (AvgIpc) is 3.10. The molecule has 0 atom stereocenters. The molecule has 0 aliphatic rings. The van der Waals surface area contributed by atoms with Gasteiger partial charge in [-0.15, -0.1) is 0 Å². The molecule has 0 radical (unpaired) electrons. The van der Waals surface area contributed by atoms with Crippen LogP contribution in [0.25, 0.3) is 0 Å². The number of rotatable bonds is 39. The molecule has 0 aliphatic heterocycles. The van der Waals surface area contributed by atoms with E-state index in [-0.39, 0.29) is 0 Å². The molecule has 0 saturated heterocycles. The Hall–Kier alpha value is -2.21. The van der Waals surface area contributed by atoms with Crippen LogP contribution in [0.3, 0.4) is 0 Å². The van der Waals surface area contributed by atoms with E-state index in [9.17, 15) is 4.79 Å². The number of hydrogen-bond donors (Lipinski definition) is 0. The van der Waals surface area contributed by atoms with Crippen molar-refractivity contribution >= 4 is 6.29 Å². The van der Waals surface area contributed by atoms with Crippen molar-refractivity contribution in [3.05, 3.63) is 42.7 Å². The fraction of sp³-hybridized carbons (Fsp3) is 0.727. The summed E-state index contributed by atoms with van der Waals surface area (Å²) in [5, 5.41) is 0. The molecule has 0 spiro atoms. The highest BCUT2D eigenvalue weighted by molar-refractivity contribution is 5.74.